The Kier molecular flexibility index (Phi) is 4.78. The quantitative estimate of drug-likeness (QED) is 0.427. The highest BCUT2D eigenvalue weighted by atomic mass is 35.5. The fourth-order valence-electron chi connectivity index (χ4n) is 3.66. The number of carbonyl (C=O) groups excluding carboxylic acids is 1. The van der Waals surface area contributed by atoms with Crippen LogP contribution in [-0.4, -0.2) is 30.1 Å². The molecule has 0 saturated heterocycles. The summed E-state index contributed by atoms with van der Waals surface area (Å²) in [5.74, 6) is -0.662. The van der Waals surface area contributed by atoms with Gasteiger partial charge in [-0.3, -0.25) is 18.9 Å². The fraction of sp³-hybridized carbons (Fsp3) is 0.0455. The number of halogens is 2. The molecule has 5 rings (SSSR count). The van der Waals surface area contributed by atoms with Crippen molar-refractivity contribution in [1.82, 2.24) is 24.1 Å². The molecule has 1 aromatic carbocycles. The molecular formula is C22H13Cl2N7O. The first kappa shape index (κ1) is 20.0. The predicted octanol–water partition coefficient (Wildman–Crippen LogP) is 4.34. The lowest BCUT2D eigenvalue weighted by Crippen LogP contribution is -2.15. The molecule has 0 unspecified atom stereocenters. The number of imidazole rings is 1. The van der Waals surface area contributed by atoms with Crippen LogP contribution in [0.5, 0.6) is 0 Å². The second kappa shape index (κ2) is 7.64. The highest BCUT2D eigenvalue weighted by molar-refractivity contribution is 6.39. The van der Waals surface area contributed by atoms with E-state index >= 15 is 0 Å². The molecule has 0 spiro atoms. The third-order valence-corrected chi connectivity index (χ3v) is 5.71. The van der Waals surface area contributed by atoms with Crippen molar-refractivity contribution in [2.24, 2.45) is 5.73 Å². The number of rotatable bonds is 4. The number of amides is 1. The lowest BCUT2D eigenvalue weighted by Gasteiger charge is -2.06. The van der Waals surface area contributed by atoms with Crippen LogP contribution in [0.25, 0.3) is 38.9 Å². The molecule has 5 aromatic rings. The number of carbonyl (C=O) groups is 1. The molecule has 0 aliphatic rings. The molecule has 0 radical (unpaired) electrons. The van der Waals surface area contributed by atoms with Crippen LogP contribution in [0, 0.1) is 11.3 Å². The summed E-state index contributed by atoms with van der Waals surface area (Å²) in [5.41, 5.74) is 9.38. The van der Waals surface area contributed by atoms with Crippen LogP contribution in [0.1, 0.15) is 10.5 Å². The van der Waals surface area contributed by atoms with Gasteiger partial charge in [-0.05, 0) is 24.3 Å². The van der Waals surface area contributed by atoms with E-state index in [4.69, 9.17) is 39.2 Å². The van der Waals surface area contributed by atoms with Crippen LogP contribution in [0.2, 0.25) is 10.0 Å². The Hall–Kier alpha value is -3.93. The number of fused-ring (bicyclic) bond motifs is 3. The fourth-order valence-corrected chi connectivity index (χ4v) is 4.24. The van der Waals surface area contributed by atoms with Crippen LogP contribution >= 0.6 is 23.2 Å². The second-order valence-corrected chi connectivity index (χ2v) is 7.84. The van der Waals surface area contributed by atoms with E-state index in [1.165, 1.54) is 0 Å². The first-order chi connectivity index (χ1) is 15.5. The molecule has 1 amide bonds. The molecule has 0 aliphatic heterocycles. The van der Waals surface area contributed by atoms with Gasteiger partial charge in [0, 0.05) is 40.7 Å². The monoisotopic (exact) mass is 461 g/mol. The van der Waals surface area contributed by atoms with E-state index in [2.05, 4.69) is 16.2 Å². The summed E-state index contributed by atoms with van der Waals surface area (Å²) >= 11 is 12.8. The molecule has 0 atom stereocenters. The van der Waals surface area contributed by atoms with E-state index in [-0.39, 0.29) is 12.2 Å². The van der Waals surface area contributed by atoms with Crippen molar-refractivity contribution in [2.75, 3.05) is 0 Å². The summed E-state index contributed by atoms with van der Waals surface area (Å²) < 4.78 is 3.16. The molecule has 10 heteroatoms. The number of nitriles is 1. The molecule has 0 bridgehead atoms. The number of benzene rings is 1. The summed E-state index contributed by atoms with van der Waals surface area (Å²) in [6, 6.07) is 10.8. The minimum Gasteiger partial charge on any atom is -0.364 e. The molecular weight excluding hydrogens is 449 g/mol. The Morgan fingerprint density at radius 3 is 2.66 bits per heavy atom. The van der Waals surface area contributed by atoms with Gasteiger partial charge in [-0.2, -0.15) is 10.4 Å². The minimum absolute atomic E-state index is 0.148. The van der Waals surface area contributed by atoms with E-state index in [0.717, 1.165) is 11.1 Å². The van der Waals surface area contributed by atoms with Crippen molar-refractivity contribution in [1.29, 1.82) is 5.26 Å². The molecule has 4 aromatic heterocycles. The Morgan fingerprint density at radius 2 is 1.94 bits per heavy atom. The van der Waals surface area contributed by atoms with Crippen molar-refractivity contribution < 1.29 is 4.79 Å². The lowest BCUT2D eigenvalue weighted by atomic mass is 10.1. The lowest BCUT2D eigenvalue weighted by molar-refractivity contribution is 0.0995. The van der Waals surface area contributed by atoms with Gasteiger partial charge in [-0.1, -0.05) is 29.3 Å². The summed E-state index contributed by atoms with van der Waals surface area (Å²) in [5, 5.41) is 14.5. The number of hydrogen-bond acceptors (Lipinski definition) is 5. The summed E-state index contributed by atoms with van der Waals surface area (Å²) in [7, 11) is 0. The van der Waals surface area contributed by atoms with Crippen molar-refractivity contribution in [2.45, 2.75) is 6.54 Å². The van der Waals surface area contributed by atoms with Gasteiger partial charge in [0.2, 0.25) is 0 Å². The Morgan fingerprint density at radius 1 is 1.16 bits per heavy atom. The number of aromatic nitrogens is 5. The molecule has 0 fully saturated rings. The summed E-state index contributed by atoms with van der Waals surface area (Å²) in [4.78, 5) is 21.6. The van der Waals surface area contributed by atoms with E-state index in [1.807, 2.05) is 6.07 Å². The summed E-state index contributed by atoms with van der Waals surface area (Å²) in [6.07, 6.45) is 6.84. The molecule has 8 nitrogen and oxygen atoms in total. The molecule has 2 N–H and O–H groups in total. The molecule has 0 saturated carbocycles. The van der Waals surface area contributed by atoms with E-state index in [0.29, 0.717) is 37.9 Å². The van der Waals surface area contributed by atoms with Gasteiger partial charge < -0.3 is 5.73 Å². The summed E-state index contributed by atoms with van der Waals surface area (Å²) in [6.45, 7) is 0.148. The zero-order chi connectivity index (χ0) is 22.4. The van der Waals surface area contributed by atoms with Crippen LogP contribution in [0.4, 0.5) is 0 Å². The van der Waals surface area contributed by atoms with E-state index in [9.17, 15) is 4.79 Å². The van der Waals surface area contributed by atoms with Crippen molar-refractivity contribution in [3.8, 4) is 28.5 Å². The van der Waals surface area contributed by atoms with Gasteiger partial charge in [-0.15, -0.1) is 0 Å². The predicted molar refractivity (Wildman–Crippen MR) is 121 cm³/mol. The largest absolute Gasteiger partial charge is 0.364 e. The molecule has 0 aliphatic carbocycles. The van der Waals surface area contributed by atoms with Gasteiger partial charge in [0.15, 0.2) is 0 Å². The first-order valence-electron chi connectivity index (χ1n) is 9.42. The molecule has 156 valence electrons. The standard InChI is InChI=1S/C22H13Cl2N7O/c23-15-2-1-3-16(24)18(15)19-20(21(26)32)31-6-4-17-14(22(31)29-19)8-12(9-27-17)13-10-28-30(11-13)7-5-25/h1-4,6,8-11H,7H2,(H2,26,32). The number of hydrogen-bond donors (Lipinski definition) is 1. The zero-order valence-electron chi connectivity index (χ0n) is 16.3. The van der Waals surface area contributed by atoms with Crippen LogP contribution in [0.3, 0.4) is 0 Å². The van der Waals surface area contributed by atoms with Crippen molar-refractivity contribution >= 4 is 45.7 Å². The van der Waals surface area contributed by atoms with Gasteiger partial charge in [0.25, 0.3) is 5.91 Å². The van der Waals surface area contributed by atoms with Crippen LogP contribution in [-0.2, 0) is 6.54 Å². The smallest absolute Gasteiger partial charge is 0.268 e. The highest BCUT2D eigenvalue weighted by Gasteiger charge is 2.23. The number of pyridine rings is 2. The van der Waals surface area contributed by atoms with Gasteiger partial charge >= 0.3 is 0 Å². The van der Waals surface area contributed by atoms with Gasteiger partial charge in [0.1, 0.15) is 23.6 Å². The minimum atomic E-state index is -0.662. The number of nitrogens with zero attached hydrogens (tertiary/aromatic N) is 6. The Bertz CT molecular complexity index is 1560. The molecule has 32 heavy (non-hydrogen) atoms. The van der Waals surface area contributed by atoms with Crippen molar-refractivity contribution in [3.05, 3.63) is 70.9 Å². The topological polar surface area (TPSA) is 115 Å². The van der Waals surface area contributed by atoms with Gasteiger partial charge in [-0.25, -0.2) is 4.98 Å². The van der Waals surface area contributed by atoms with Crippen LogP contribution < -0.4 is 5.73 Å². The van der Waals surface area contributed by atoms with Gasteiger partial charge in [0.05, 0.1) is 27.8 Å². The highest BCUT2D eigenvalue weighted by Crippen LogP contribution is 2.37. The second-order valence-electron chi connectivity index (χ2n) is 7.02. The Labute approximate surface area is 191 Å². The third-order valence-electron chi connectivity index (χ3n) is 5.08. The average Bonchev–Trinajstić information content (AvgIpc) is 3.38. The number of primary amides is 1. The number of nitrogens with two attached hydrogens (primary N) is 1. The van der Waals surface area contributed by atoms with Crippen LogP contribution in [0.15, 0.2) is 55.1 Å². The van der Waals surface area contributed by atoms with E-state index < -0.39 is 5.91 Å². The normalized spacial score (nSPS) is 11.2. The Balaban J connectivity index is 1.79. The molecule has 4 heterocycles. The maximum absolute atomic E-state index is 12.4. The maximum Gasteiger partial charge on any atom is 0.268 e. The maximum atomic E-state index is 12.4. The van der Waals surface area contributed by atoms with E-state index in [1.54, 1.807) is 58.1 Å². The average molecular weight is 462 g/mol. The SMILES string of the molecule is N#CCn1cc(-c2cnc3ccn4c(C(N)=O)c(-c5c(Cl)cccc5Cl)nc4c3c2)cn1. The van der Waals surface area contributed by atoms with Crippen molar-refractivity contribution in [3.63, 3.8) is 0 Å². The zero-order valence-corrected chi connectivity index (χ0v) is 17.8. The third kappa shape index (κ3) is 3.15. The first-order valence-corrected chi connectivity index (χ1v) is 10.2.